The fraction of sp³-hybridized carbons (Fsp3) is 0.571. The van der Waals surface area contributed by atoms with Gasteiger partial charge in [0.05, 0.1) is 12.6 Å². The van der Waals surface area contributed by atoms with Gasteiger partial charge in [-0.25, -0.2) is 4.79 Å². The quantitative estimate of drug-likeness (QED) is 0.301. The zero-order valence-corrected chi connectivity index (χ0v) is 7.65. The number of hydrogen-bond acceptors (Lipinski definition) is 3. The number of halogens is 1. The van der Waals surface area contributed by atoms with Crippen LogP contribution in [0, 0.1) is 0 Å². The SMILES string of the molecule is C=C(C)C(=O)OCC.NCCl. The second kappa shape index (κ2) is 9.46. The van der Waals surface area contributed by atoms with E-state index in [-0.39, 0.29) is 12.0 Å². The second-order valence-corrected chi connectivity index (χ2v) is 1.96. The summed E-state index contributed by atoms with van der Waals surface area (Å²) in [5.41, 5.74) is 5.06. The van der Waals surface area contributed by atoms with Crippen molar-refractivity contribution in [3.8, 4) is 0 Å². The van der Waals surface area contributed by atoms with E-state index in [2.05, 4.69) is 17.0 Å². The zero-order chi connectivity index (χ0) is 9.28. The Kier molecular flexibility index (Phi) is 11.2. The van der Waals surface area contributed by atoms with E-state index in [1.54, 1.807) is 13.8 Å². The van der Waals surface area contributed by atoms with Gasteiger partial charge in [0, 0.05) is 5.57 Å². The van der Waals surface area contributed by atoms with Crippen molar-refractivity contribution in [1.82, 2.24) is 0 Å². The summed E-state index contributed by atoms with van der Waals surface area (Å²) in [4.78, 5) is 10.4. The first-order chi connectivity index (χ1) is 5.09. The van der Waals surface area contributed by atoms with E-state index in [9.17, 15) is 4.79 Å². The Morgan fingerprint density at radius 1 is 1.73 bits per heavy atom. The molecule has 11 heavy (non-hydrogen) atoms. The largest absolute Gasteiger partial charge is 0.463 e. The molecule has 0 aliphatic carbocycles. The zero-order valence-electron chi connectivity index (χ0n) is 6.89. The third kappa shape index (κ3) is 12.6. The average molecular weight is 180 g/mol. The number of nitrogens with two attached hydrogens (primary N) is 1. The number of hydrogen-bond donors (Lipinski definition) is 1. The molecule has 0 fully saturated rings. The highest BCUT2D eigenvalue weighted by Crippen LogP contribution is 1.89. The smallest absolute Gasteiger partial charge is 0.333 e. The molecule has 0 heterocycles. The van der Waals surface area contributed by atoms with Crippen molar-refractivity contribution in [3.63, 3.8) is 0 Å². The predicted octanol–water partition coefficient (Wildman–Crippen LogP) is 1.27. The van der Waals surface area contributed by atoms with Gasteiger partial charge < -0.3 is 10.5 Å². The van der Waals surface area contributed by atoms with Gasteiger partial charge in [0.15, 0.2) is 0 Å². The van der Waals surface area contributed by atoms with Gasteiger partial charge in [-0.15, -0.1) is 11.6 Å². The number of carbonyl (C=O) groups is 1. The summed E-state index contributed by atoms with van der Waals surface area (Å²) in [6, 6.07) is 0.222. The first kappa shape index (κ1) is 13.1. The summed E-state index contributed by atoms with van der Waals surface area (Å²) in [6.45, 7) is 7.21. The lowest BCUT2D eigenvalue weighted by molar-refractivity contribution is -0.138. The van der Waals surface area contributed by atoms with E-state index >= 15 is 0 Å². The second-order valence-electron chi connectivity index (χ2n) is 1.66. The Morgan fingerprint density at radius 3 is 2.18 bits per heavy atom. The standard InChI is InChI=1S/C6H10O2.CH4ClN/c1-4-8-6(7)5(2)3;2-1-3/h2,4H2,1,3H3;1,3H2. The summed E-state index contributed by atoms with van der Waals surface area (Å²) in [5.74, 6) is -0.312. The molecule has 3 nitrogen and oxygen atoms in total. The van der Waals surface area contributed by atoms with Crippen molar-refractivity contribution in [1.29, 1.82) is 0 Å². The van der Waals surface area contributed by atoms with E-state index in [1.165, 1.54) is 0 Å². The van der Waals surface area contributed by atoms with Crippen LogP contribution in [0.5, 0.6) is 0 Å². The lowest BCUT2D eigenvalue weighted by Gasteiger charge is -1.96. The molecule has 66 valence electrons. The minimum absolute atomic E-state index is 0.222. The molecule has 0 atom stereocenters. The summed E-state index contributed by atoms with van der Waals surface area (Å²) < 4.78 is 4.56. The number of esters is 1. The first-order valence-electron chi connectivity index (χ1n) is 3.18. The van der Waals surface area contributed by atoms with Crippen LogP contribution in [-0.4, -0.2) is 18.6 Å². The van der Waals surface area contributed by atoms with Gasteiger partial charge in [-0.1, -0.05) is 6.58 Å². The minimum Gasteiger partial charge on any atom is -0.463 e. The Hall–Kier alpha value is -0.540. The molecule has 4 heteroatoms. The fourth-order valence-electron chi connectivity index (χ4n) is 0.254. The van der Waals surface area contributed by atoms with E-state index < -0.39 is 0 Å². The van der Waals surface area contributed by atoms with Crippen LogP contribution in [-0.2, 0) is 9.53 Å². The van der Waals surface area contributed by atoms with Crippen LogP contribution in [0.4, 0.5) is 0 Å². The molecule has 0 saturated heterocycles. The molecule has 0 unspecified atom stereocenters. The summed E-state index contributed by atoms with van der Waals surface area (Å²) in [6.07, 6.45) is 0. The molecule has 2 N–H and O–H groups in total. The molecule has 0 rings (SSSR count). The lowest BCUT2D eigenvalue weighted by Crippen LogP contribution is -2.03. The summed E-state index contributed by atoms with van der Waals surface area (Å²) in [7, 11) is 0. The molecule has 0 aliphatic rings. The summed E-state index contributed by atoms with van der Waals surface area (Å²) >= 11 is 4.78. The average Bonchev–Trinajstić information content (AvgIpc) is 1.90. The van der Waals surface area contributed by atoms with Gasteiger partial charge >= 0.3 is 5.97 Å². The van der Waals surface area contributed by atoms with Gasteiger partial charge in [-0.3, -0.25) is 0 Å². The highest BCUT2D eigenvalue weighted by atomic mass is 35.5. The first-order valence-corrected chi connectivity index (χ1v) is 3.72. The highest BCUT2D eigenvalue weighted by Gasteiger charge is 1.98. The molecule has 0 aromatic carbocycles. The van der Waals surface area contributed by atoms with Crippen molar-refractivity contribution in [2.24, 2.45) is 5.73 Å². The maximum atomic E-state index is 10.4. The van der Waals surface area contributed by atoms with E-state index in [0.717, 1.165) is 0 Å². The van der Waals surface area contributed by atoms with Gasteiger partial charge in [-0.05, 0) is 13.8 Å². The molecule has 0 aliphatic heterocycles. The van der Waals surface area contributed by atoms with E-state index in [1.807, 2.05) is 0 Å². The van der Waals surface area contributed by atoms with E-state index in [4.69, 9.17) is 11.6 Å². The van der Waals surface area contributed by atoms with Gasteiger partial charge in [0.2, 0.25) is 0 Å². The minimum atomic E-state index is -0.312. The molecule has 0 amide bonds. The molecule has 0 radical (unpaired) electrons. The molecule has 0 bridgehead atoms. The molecule has 0 aromatic heterocycles. The Bertz CT molecular complexity index is 126. The topological polar surface area (TPSA) is 52.3 Å². The van der Waals surface area contributed by atoms with Crippen LogP contribution in [0.1, 0.15) is 13.8 Å². The van der Waals surface area contributed by atoms with Crippen molar-refractivity contribution >= 4 is 17.6 Å². The maximum absolute atomic E-state index is 10.4. The van der Waals surface area contributed by atoms with Crippen molar-refractivity contribution in [3.05, 3.63) is 12.2 Å². The van der Waals surface area contributed by atoms with Gasteiger partial charge in [0.25, 0.3) is 0 Å². The Balaban J connectivity index is 0. The highest BCUT2D eigenvalue weighted by molar-refractivity contribution is 6.17. The third-order valence-electron chi connectivity index (χ3n) is 0.624. The van der Waals surface area contributed by atoms with Crippen molar-refractivity contribution in [2.45, 2.75) is 13.8 Å². The molecule has 0 aromatic rings. The molecule has 0 saturated carbocycles. The van der Waals surface area contributed by atoms with Crippen LogP contribution >= 0.6 is 11.6 Å². The van der Waals surface area contributed by atoms with Gasteiger partial charge in [-0.2, -0.15) is 0 Å². The number of alkyl halides is 1. The van der Waals surface area contributed by atoms with Gasteiger partial charge in [0.1, 0.15) is 0 Å². The number of rotatable bonds is 2. The number of carbonyl (C=O) groups excluding carboxylic acids is 1. The molecular formula is C7H14ClNO2. The maximum Gasteiger partial charge on any atom is 0.333 e. The van der Waals surface area contributed by atoms with E-state index in [0.29, 0.717) is 12.2 Å². The lowest BCUT2D eigenvalue weighted by atomic mass is 10.4. The molecule has 0 spiro atoms. The molecular weight excluding hydrogens is 166 g/mol. The normalized spacial score (nSPS) is 7.64. The fourth-order valence-corrected chi connectivity index (χ4v) is 0.254. The van der Waals surface area contributed by atoms with Crippen molar-refractivity contribution < 1.29 is 9.53 Å². The third-order valence-corrected chi connectivity index (χ3v) is 0.624. The Morgan fingerprint density at radius 2 is 2.09 bits per heavy atom. The summed E-state index contributed by atoms with van der Waals surface area (Å²) in [5, 5.41) is 0. The van der Waals surface area contributed by atoms with Crippen LogP contribution in [0.2, 0.25) is 0 Å². The Labute approximate surface area is 72.2 Å². The predicted molar refractivity (Wildman–Crippen MR) is 46.4 cm³/mol. The van der Waals surface area contributed by atoms with Crippen molar-refractivity contribution in [2.75, 3.05) is 12.6 Å². The monoisotopic (exact) mass is 179 g/mol. The van der Waals surface area contributed by atoms with Crippen LogP contribution in [0.15, 0.2) is 12.2 Å². The van der Waals surface area contributed by atoms with Crippen LogP contribution < -0.4 is 5.73 Å². The van der Waals surface area contributed by atoms with Crippen LogP contribution in [0.25, 0.3) is 0 Å². The number of ether oxygens (including phenoxy) is 1. The van der Waals surface area contributed by atoms with Crippen LogP contribution in [0.3, 0.4) is 0 Å².